The zero-order valence-corrected chi connectivity index (χ0v) is 13.7. The summed E-state index contributed by atoms with van der Waals surface area (Å²) in [5.41, 5.74) is 1.10. The van der Waals surface area contributed by atoms with Crippen molar-refractivity contribution in [1.29, 1.82) is 0 Å². The van der Waals surface area contributed by atoms with E-state index in [0.29, 0.717) is 6.42 Å². The van der Waals surface area contributed by atoms with Gasteiger partial charge in [-0.15, -0.1) is 0 Å². The fourth-order valence-corrected chi connectivity index (χ4v) is 3.42. The molecule has 0 bridgehead atoms. The fourth-order valence-electron chi connectivity index (χ4n) is 3.42. The topological polar surface area (TPSA) is 26.8 Å². The molecule has 0 N–H and O–H groups in total. The number of carbonyl (C=O) groups excluding carboxylic acids is 1. The highest BCUT2D eigenvalue weighted by molar-refractivity contribution is 5.76. The molecule has 2 fully saturated rings. The van der Waals surface area contributed by atoms with E-state index in [1.54, 1.807) is 0 Å². The van der Waals surface area contributed by atoms with Crippen molar-refractivity contribution in [3.8, 4) is 0 Å². The van der Waals surface area contributed by atoms with Crippen LogP contribution in [-0.4, -0.2) is 66.4 Å². The molecule has 126 valence electrons. The molecular formula is C18H26FN3O. The molecule has 0 radical (unpaired) electrons. The highest BCUT2D eigenvalue weighted by Crippen LogP contribution is 2.12. The van der Waals surface area contributed by atoms with Gasteiger partial charge in [0.2, 0.25) is 5.91 Å². The second kappa shape index (κ2) is 7.88. The van der Waals surface area contributed by atoms with Crippen LogP contribution in [0.1, 0.15) is 24.8 Å². The van der Waals surface area contributed by atoms with Crippen molar-refractivity contribution >= 4 is 5.91 Å². The summed E-state index contributed by atoms with van der Waals surface area (Å²) in [6.07, 6.45) is 3.17. The van der Waals surface area contributed by atoms with Gasteiger partial charge in [0.1, 0.15) is 5.82 Å². The van der Waals surface area contributed by atoms with E-state index >= 15 is 0 Å². The number of benzene rings is 1. The summed E-state index contributed by atoms with van der Waals surface area (Å²) < 4.78 is 13.0. The quantitative estimate of drug-likeness (QED) is 0.830. The molecule has 0 aromatic heterocycles. The molecule has 2 saturated heterocycles. The average Bonchev–Trinajstić information content (AvgIpc) is 3.01. The number of halogens is 1. The van der Waals surface area contributed by atoms with Gasteiger partial charge < -0.3 is 9.80 Å². The van der Waals surface area contributed by atoms with E-state index in [9.17, 15) is 9.18 Å². The first kappa shape index (κ1) is 16.4. The Morgan fingerprint density at radius 3 is 2.35 bits per heavy atom. The Bertz CT molecular complexity index is 514. The van der Waals surface area contributed by atoms with Crippen LogP contribution in [0.25, 0.3) is 0 Å². The maximum Gasteiger partial charge on any atom is 0.223 e. The molecule has 1 aromatic rings. The van der Waals surface area contributed by atoms with Crippen LogP contribution in [-0.2, 0) is 11.3 Å². The summed E-state index contributed by atoms with van der Waals surface area (Å²) in [6, 6.07) is 6.65. The van der Waals surface area contributed by atoms with Crippen LogP contribution in [0.5, 0.6) is 0 Å². The van der Waals surface area contributed by atoms with Gasteiger partial charge in [-0.25, -0.2) is 4.39 Å². The van der Waals surface area contributed by atoms with Gasteiger partial charge in [-0.2, -0.15) is 0 Å². The van der Waals surface area contributed by atoms with Crippen molar-refractivity contribution in [2.45, 2.75) is 25.8 Å². The second-order valence-corrected chi connectivity index (χ2v) is 6.58. The van der Waals surface area contributed by atoms with Gasteiger partial charge in [0.05, 0.1) is 0 Å². The largest absolute Gasteiger partial charge is 0.340 e. The lowest BCUT2D eigenvalue weighted by Crippen LogP contribution is -2.39. The molecule has 2 heterocycles. The number of hydrogen-bond acceptors (Lipinski definition) is 3. The normalized spacial score (nSPS) is 20.9. The predicted molar refractivity (Wildman–Crippen MR) is 88.5 cm³/mol. The Morgan fingerprint density at radius 1 is 0.870 bits per heavy atom. The molecule has 2 aliphatic heterocycles. The van der Waals surface area contributed by atoms with Crippen molar-refractivity contribution < 1.29 is 9.18 Å². The van der Waals surface area contributed by atoms with Gasteiger partial charge in [-0.3, -0.25) is 9.69 Å². The third kappa shape index (κ3) is 4.75. The maximum atomic E-state index is 13.0. The Kier molecular flexibility index (Phi) is 5.62. The molecular weight excluding hydrogens is 293 g/mol. The van der Waals surface area contributed by atoms with E-state index in [1.807, 2.05) is 17.0 Å². The minimum atomic E-state index is -0.201. The minimum Gasteiger partial charge on any atom is -0.340 e. The molecule has 2 aliphatic rings. The van der Waals surface area contributed by atoms with E-state index in [-0.39, 0.29) is 11.7 Å². The van der Waals surface area contributed by atoms with E-state index in [4.69, 9.17) is 0 Å². The zero-order valence-electron chi connectivity index (χ0n) is 13.7. The molecule has 1 aromatic carbocycles. The van der Waals surface area contributed by atoms with E-state index in [0.717, 1.165) is 44.8 Å². The average molecular weight is 319 g/mol. The first-order valence-electron chi connectivity index (χ1n) is 8.68. The molecule has 3 rings (SSSR count). The van der Waals surface area contributed by atoms with E-state index in [1.165, 1.54) is 38.1 Å². The van der Waals surface area contributed by atoms with Crippen molar-refractivity contribution in [2.24, 2.45) is 0 Å². The molecule has 0 spiro atoms. The number of hydrogen-bond donors (Lipinski definition) is 0. The molecule has 0 unspecified atom stereocenters. The molecule has 4 nitrogen and oxygen atoms in total. The monoisotopic (exact) mass is 319 g/mol. The van der Waals surface area contributed by atoms with Crippen LogP contribution in [0.3, 0.4) is 0 Å². The Morgan fingerprint density at radius 2 is 1.61 bits per heavy atom. The predicted octanol–water partition coefficient (Wildman–Crippen LogP) is 1.96. The highest BCUT2D eigenvalue weighted by atomic mass is 19.1. The molecule has 23 heavy (non-hydrogen) atoms. The van der Waals surface area contributed by atoms with Gasteiger partial charge in [-0.1, -0.05) is 12.1 Å². The van der Waals surface area contributed by atoms with Crippen molar-refractivity contribution in [1.82, 2.24) is 14.7 Å². The number of likely N-dealkylation sites (tertiary alicyclic amines) is 1. The fraction of sp³-hybridized carbons (Fsp3) is 0.611. The van der Waals surface area contributed by atoms with Crippen LogP contribution in [0.4, 0.5) is 4.39 Å². The number of amides is 1. The van der Waals surface area contributed by atoms with Crippen LogP contribution < -0.4 is 0 Å². The lowest BCUT2D eigenvalue weighted by molar-refractivity contribution is -0.130. The van der Waals surface area contributed by atoms with Crippen molar-refractivity contribution in [2.75, 3.05) is 45.8 Å². The minimum absolute atomic E-state index is 0.201. The van der Waals surface area contributed by atoms with Crippen LogP contribution in [0.15, 0.2) is 24.3 Å². The first-order chi connectivity index (χ1) is 11.2. The van der Waals surface area contributed by atoms with Crippen LogP contribution >= 0.6 is 0 Å². The third-order valence-corrected chi connectivity index (χ3v) is 4.89. The molecule has 0 saturated carbocycles. The number of rotatable bonds is 5. The van der Waals surface area contributed by atoms with E-state index < -0.39 is 0 Å². The lowest BCUT2D eigenvalue weighted by Gasteiger charge is -2.24. The summed E-state index contributed by atoms with van der Waals surface area (Å²) in [7, 11) is 0. The van der Waals surface area contributed by atoms with Gasteiger partial charge in [-0.05, 0) is 43.6 Å². The Labute approximate surface area is 137 Å². The van der Waals surface area contributed by atoms with Crippen LogP contribution in [0.2, 0.25) is 0 Å². The highest BCUT2D eigenvalue weighted by Gasteiger charge is 2.22. The van der Waals surface area contributed by atoms with E-state index in [2.05, 4.69) is 9.80 Å². The molecule has 5 heteroatoms. The number of carbonyl (C=O) groups is 1. The molecule has 0 aliphatic carbocycles. The van der Waals surface area contributed by atoms with Gasteiger partial charge >= 0.3 is 0 Å². The SMILES string of the molecule is O=C1CCN(Cc2ccc(F)cc2)CCN1CCN1CCCC1. The molecule has 0 atom stereocenters. The third-order valence-electron chi connectivity index (χ3n) is 4.89. The summed E-state index contributed by atoms with van der Waals surface area (Å²) in [6.45, 7) is 7.48. The smallest absolute Gasteiger partial charge is 0.223 e. The zero-order chi connectivity index (χ0) is 16.1. The van der Waals surface area contributed by atoms with Crippen LogP contribution in [0, 0.1) is 5.82 Å². The van der Waals surface area contributed by atoms with Gasteiger partial charge in [0.25, 0.3) is 0 Å². The Hall–Kier alpha value is -1.46. The van der Waals surface area contributed by atoms with Gasteiger partial charge in [0.15, 0.2) is 0 Å². The Balaban J connectivity index is 1.48. The van der Waals surface area contributed by atoms with Crippen molar-refractivity contribution in [3.63, 3.8) is 0 Å². The van der Waals surface area contributed by atoms with Crippen molar-refractivity contribution in [3.05, 3.63) is 35.6 Å². The first-order valence-corrected chi connectivity index (χ1v) is 8.68. The summed E-state index contributed by atoms with van der Waals surface area (Å²) in [4.78, 5) is 19.1. The molecule has 1 amide bonds. The van der Waals surface area contributed by atoms with Gasteiger partial charge in [0, 0.05) is 45.7 Å². The second-order valence-electron chi connectivity index (χ2n) is 6.58. The summed E-state index contributed by atoms with van der Waals surface area (Å²) in [5.74, 6) is 0.0682. The summed E-state index contributed by atoms with van der Waals surface area (Å²) >= 11 is 0. The maximum absolute atomic E-state index is 13.0. The standard InChI is InChI=1S/C18H26FN3O/c19-17-5-3-16(4-6-17)15-21-10-7-18(23)22(14-12-21)13-11-20-8-1-2-9-20/h3-6H,1-2,7-15H2. The summed E-state index contributed by atoms with van der Waals surface area (Å²) in [5, 5.41) is 0. The lowest BCUT2D eigenvalue weighted by atomic mass is 10.2. The number of nitrogens with zero attached hydrogens (tertiary/aromatic N) is 3.